The number of aromatic nitrogens is 1. The molecule has 8 heteroatoms. The van der Waals surface area contributed by atoms with Crippen LogP contribution in [0.25, 0.3) is 0 Å². The fourth-order valence-electron chi connectivity index (χ4n) is 3.20. The number of hydrogen-bond acceptors (Lipinski definition) is 3. The lowest BCUT2D eigenvalue weighted by molar-refractivity contribution is -0.132. The van der Waals surface area contributed by atoms with Crippen molar-refractivity contribution in [2.75, 3.05) is 19.6 Å². The molecule has 1 aromatic carbocycles. The van der Waals surface area contributed by atoms with E-state index in [1.54, 1.807) is 12.1 Å². The maximum absolute atomic E-state index is 12.3. The van der Waals surface area contributed by atoms with Crippen LogP contribution in [0.15, 0.2) is 53.7 Å². The number of nitrogens with one attached hydrogen (secondary N) is 1. The summed E-state index contributed by atoms with van der Waals surface area (Å²) in [5, 5.41) is 0.165. The summed E-state index contributed by atoms with van der Waals surface area (Å²) in [7, 11) is -3.71. The van der Waals surface area contributed by atoms with Gasteiger partial charge in [0.2, 0.25) is 15.9 Å². The molecule has 1 aromatic heterocycles. The van der Waals surface area contributed by atoms with Gasteiger partial charge in [0.25, 0.3) is 0 Å². The van der Waals surface area contributed by atoms with Crippen molar-refractivity contribution in [2.24, 2.45) is 0 Å². The van der Waals surface area contributed by atoms with E-state index in [4.69, 9.17) is 11.6 Å². The predicted octanol–water partition coefficient (Wildman–Crippen LogP) is 2.67. The predicted molar refractivity (Wildman–Crippen MR) is 101 cm³/mol. The molecule has 140 valence electrons. The molecule has 3 rings (SSSR count). The van der Waals surface area contributed by atoms with E-state index in [1.807, 2.05) is 29.4 Å². The Morgan fingerprint density at radius 2 is 1.77 bits per heavy atom. The van der Waals surface area contributed by atoms with Crippen molar-refractivity contribution in [2.45, 2.75) is 30.2 Å². The lowest BCUT2D eigenvalue weighted by Crippen LogP contribution is -2.40. The third-order valence-corrected chi connectivity index (χ3v) is 6.58. The van der Waals surface area contributed by atoms with E-state index in [0.717, 1.165) is 12.8 Å². The summed E-state index contributed by atoms with van der Waals surface area (Å²) in [6, 6.07) is 10.7. The highest BCUT2D eigenvalue weighted by Gasteiger charge is 2.24. The van der Waals surface area contributed by atoms with Gasteiger partial charge in [-0.05, 0) is 37.1 Å². The topological polar surface area (TPSA) is 71.4 Å². The molecule has 0 bridgehead atoms. The van der Waals surface area contributed by atoms with Crippen LogP contribution in [0.3, 0.4) is 0 Å². The summed E-state index contributed by atoms with van der Waals surface area (Å²) in [5.74, 6) is -0.0298. The first kappa shape index (κ1) is 18.9. The third kappa shape index (κ3) is 4.47. The van der Waals surface area contributed by atoms with E-state index < -0.39 is 10.0 Å². The van der Waals surface area contributed by atoms with Crippen LogP contribution in [0.5, 0.6) is 0 Å². The molecule has 1 amide bonds. The van der Waals surface area contributed by atoms with Crippen LogP contribution < -0.4 is 4.72 Å². The Bertz CT molecular complexity index is 844. The van der Waals surface area contributed by atoms with Crippen LogP contribution in [-0.4, -0.2) is 43.4 Å². The van der Waals surface area contributed by atoms with Gasteiger partial charge in [-0.1, -0.05) is 23.7 Å². The molecule has 0 radical (unpaired) electrons. The number of likely N-dealkylation sites (tertiary alicyclic amines) is 1. The second kappa shape index (κ2) is 8.24. The number of carbonyl (C=O) groups excluding carboxylic acids is 1. The number of halogens is 1. The summed E-state index contributed by atoms with van der Waals surface area (Å²) >= 11 is 5.93. The molecule has 6 nitrogen and oxygen atoms in total. The maximum atomic E-state index is 12.3. The summed E-state index contributed by atoms with van der Waals surface area (Å²) in [5.41, 5.74) is 0. The average molecular weight is 396 g/mol. The summed E-state index contributed by atoms with van der Waals surface area (Å²) in [4.78, 5) is 14.2. The van der Waals surface area contributed by atoms with Crippen molar-refractivity contribution in [3.63, 3.8) is 0 Å². The molecule has 1 N–H and O–H groups in total. The molecule has 26 heavy (non-hydrogen) atoms. The molecule has 1 aliphatic rings. The Morgan fingerprint density at radius 3 is 2.42 bits per heavy atom. The van der Waals surface area contributed by atoms with Gasteiger partial charge in [0.15, 0.2) is 0 Å². The third-order valence-electron chi connectivity index (χ3n) is 4.62. The number of amides is 1. The molecule has 2 aromatic rings. The minimum atomic E-state index is -3.71. The minimum Gasteiger partial charge on any atom is -0.351 e. The first-order chi connectivity index (χ1) is 12.5. The first-order valence-electron chi connectivity index (χ1n) is 8.62. The Kier molecular flexibility index (Phi) is 6.01. The van der Waals surface area contributed by atoms with Gasteiger partial charge in [0.1, 0.15) is 4.90 Å². The van der Waals surface area contributed by atoms with Crippen molar-refractivity contribution in [1.29, 1.82) is 0 Å². The van der Waals surface area contributed by atoms with Gasteiger partial charge in [-0.3, -0.25) is 4.79 Å². The highest BCUT2D eigenvalue weighted by Crippen LogP contribution is 2.23. The summed E-state index contributed by atoms with van der Waals surface area (Å²) in [6.45, 7) is 1.45. The van der Waals surface area contributed by atoms with Gasteiger partial charge in [-0.15, -0.1) is 0 Å². The van der Waals surface area contributed by atoms with Crippen molar-refractivity contribution in [3.05, 3.63) is 53.8 Å². The second-order valence-electron chi connectivity index (χ2n) is 6.32. The van der Waals surface area contributed by atoms with Crippen molar-refractivity contribution < 1.29 is 13.2 Å². The van der Waals surface area contributed by atoms with E-state index in [9.17, 15) is 13.2 Å². The van der Waals surface area contributed by atoms with E-state index in [2.05, 4.69) is 9.29 Å². The quantitative estimate of drug-likeness (QED) is 0.817. The Balaban J connectivity index is 1.47. The molecular weight excluding hydrogens is 374 g/mol. The van der Waals surface area contributed by atoms with E-state index in [-0.39, 0.29) is 28.8 Å². The lowest BCUT2D eigenvalue weighted by Gasteiger charge is -2.33. The van der Waals surface area contributed by atoms with Crippen molar-refractivity contribution in [3.8, 4) is 0 Å². The standard InChI is InChI=1S/C18H22ClN3O3S/c19-16-5-1-2-6-17(16)26(24,25)20-10-7-18(23)22-13-8-15(9-14-22)21-11-3-4-12-21/h1-6,11-12,15,20H,7-10,13-14H2. The van der Waals surface area contributed by atoms with Crippen molar-refractivity contribution in [1.82, 2.24) is 14.2 Å². The van der Waals surface area contributed by atoms with E-state index in [1.165, 1.54) is 12.1 Å². The number of piperidine rings is 1. The molecule has 2 heterocycles. The number of benzene rings is 1. The Hall–Kier alpha value is -1.83. The fraction of sp³-hybridized carbons (Fsp3) is 0.389. The monoisotopic (exact) mass is 395 g/mol. The molecule has 0 atom stereocenters. The smallest absolute Gasteiger partial charge is 0.242 e. The molecule has 1 saturated heterocycles. The normalized spacial score (nSPS) is 16.0. The molecule has 0 unspecified atom stereocenters. The van der Waals surface area contributed by atoms with Crippen molar-refractivity contribution >= 4 is 27.5 Å². The fourth-order valence-corrected chi connectivity index (χ4v) is 4.74. The molecule has 1 aliphatic heterocycles. The van der Waals surface area contributed by atoms with Gasteiger partial charge < -0.3 is 9.47 Å². The number of sulfonamides is 1. The van der Waals surface area contributed by atoms with Gasteiger partial charge in [0.05, 0.1) is 5.02 Å². The first-order valence-corrected chi connectivity index (χ1v) is 10.5. The van der Waals surface area contributed by atoms with Crippen LogP contribution in [0.1, 0.15) is 25.3 Å². The van der Waals surface area contributed by atoms with Gasteiger partial charge in [-0.2, -0.15) is 0 Å². The number of rotatable bonds is 6. The second-order valence-corrected chi connectivity index (χ2v) is 8.46. The zero-order chi connectivity index (χ0) is 18.6. The number of carbonyl (C=O) groups is 1. The van der Waals surface area contributed by atoms with Gasteiger partial charge in [-0.25, -0.2) is 13.1 Å². The zero-order valence-corrected chi connectivity index (χ0v) is 15.9. The van der Waals surface area contributed by atoms with E-state index >= 15 is 0 Å². The SMILES string of the molecule is O=C(CCNS(=O)(=O)c1ccccc1Cl)N1CCC(n2cccc2)CC1. The highest BCUT2D eigenvalue weighted by atomic mass is 35.5. The van der Waals surface area contributed by atoms with Crippen LogP contribution in [0.2, 0.25) is 5.02 Å². The number of hydrogen-bond donors (Lipinski definition) is 1. The summed E-state index contributed by atoms with van der Waals surface area (Å²) < 4.78 is 29.2. The van der Waals surface area contributed by atoms with Crippen LogP contribution in [-0.2, 0) is 14.8 Å². The lowest BCUT2D eigenvalue weighted by atomic mass is 10.0. The zero-order valence-electron chi connectivity index (χ0n) is 14.3. The molecule has 0 aliphatic carbocycles. The summed E-state index contributed by atoms with van der Waals surface area (Å²) in [6.07, 6.45) is 6.05. The van der Waals surface area contributed by atoms with Gasteiger partial charge in [0, 0.05) is 44.5 Å². The molecule has 0 spiro atoms. The average Bonchev–Trinajstić information content (AvgIpc) is 3.16. The number of nitrogens with zero attached hydrogens (tertiary/aromatic N) is 2. The Labute approximate surface area is 158 Å². The maximum Gasteiger partial charge on any atom is 0.242 e. The molecule has 0 saturated carbocycles. The molecular formula is C18H22ClN3O3S. The van der Waals surface area contributed by atoms with Crippen LogP contribution in [0, 0.1) is 0 Å². The minimum absolute atomic E-state index is 0.0293. The highest BCUT2D eigenvalue weighted by molar-refractivity contribution is 7.89. The Morgan fingerprint density at radius 1 is 1.12 bits per heavy atom. The molecule has 1 fully saturated rings. The van der Waals surface area contributed by atoms with Crippen LogP contribution >= 0.6 is 11.6 Å². The van der Waals surface area contributed by atoms with Gasteiger partial charge >= 0.3 is 0 Å². The largest absolute Gasteiger partial charge is 0.351 e. The van der Waals surface area contributed by atoms with E-state index in [0.29, 0.717) is 19.1 Å². The van der Waals surface area contributed by atoms with Crippen LogP contribution in [0.4, 0.5) is 0 Å².